The molecule has 0 aliphatic carbocycles. The van der Waals surface area contributed by atoms with Crippen molar-refractivity contribution in [2.45, 2.75) is 25.8 Å². The molecule has 20 heavy (non-hydrogen) atoms. The van der Waals surface area contributed by atoms with Crippen molar-refractivity contribution in [1.82, 2.24) is 14.8 Å². The lowest BCUT2D eigenvalue weighted by Crippen LogP contribution is -2.24. The number of nitrogens with two attached hydrogens (primary N) is 1. The second kappa shape index (κ2) is 5.20. The van der Waals surface area contributed by atoms with Gasteiger partial charge in [0.2, 0.25) is 5.95 Å². The van der Waals surface area contributed by atoms with E-state index in [1.165, 1.54) is 0 Å². The van der Waals surface area contributed by atoms with E-state index in [2.05, 4.69) is 15.4 Å². The van der Waals surface area contributed by atoms with Gasteiger partial charge < -0.3 is 11.1 Å². The molecule has 3 rings (SSSR count). The first-order valence-electron chi connectivity index (χ1n) is 6.84. The molecule has 1 unspecified atom stereocenters. The van der Waals surface area contributed by atoms with E-state index in [9.17, 15) is 4.39 Å². The predicted molar refractivity (Wildman–Crippen MR) is 75.2 cm³/mol. The Balaban J connectivity index is 1.98. The summed E-state index contributed by atoms with van der Waals surface area (Å²) in [5, 5.41) is 7.71. The summed E-state index contributed by atoms with van der Waals surface area (Å²) in [6, 6.07) is 5.40. The summed E-state index contributed by atoms with van der Waals surface area (Å²) >= 11 is 0. The summed E-state index contributed by atoms with van der Waals surface area (Å²) in [6.07, 6.45) is 1.51. The molecule has 1 atom stereocenters. The van der Waals surface area contributed by atoms with Gasteiger partial charge in [0.05, 0.1) is 6.04 Å². The maximum atomic E-state index is 13.8. The van der Waals surface area contributed by atoms with E-state index >= 15 is 0 Å². The van der Waals surface area contributed by atoms with Crippen LogP contribution in [0.25, 0.3) is 0 Å². The maximum absolute atomic E-state index is 13.8. The van der Waals surface area contributed by atoms with Crippen molar-refractivity contribution in [2.24, 2.45) is 5.73 Å². The lowest BCUT2D eigenvalue weighted by Gasteiger charge is -2.24. The van der Waals surface area contributed by atoms with Gasteiger partial charge in [-0.15, -0.1) is 0 Å². The largest absolute Gasteiger partial charge is 0.354 e. The van der Waals surface area contributed by atoms with Crippen molar-refractivity contribution < 1.29 is 4.39 Å². The third-order valence-electron chi connectivity index (χ3n) is 3.62. The van der Waals surface area contributed by atoms with E-state index < -0.39 is 0 Å². The van der Waals surface area contributed by atoms with Gasteiger partial charge in [0.15, 0.2) is 5.82 Å². The van der Waals surface area contributed by atoms with Crippen molar-refractivity contribution in [3.05, 3.63) is 41.0 Å². The van der Waals surface area contributed by atoms with Crippen LogP contribution >= 0.6 is 0 Å². The standard InChI is InChI=1S/C14H18FN5/c1-9-2-3-10(8-11(9)15)12-5-7-17-14-18-13(4-6-16)19-20(12)14/h2-3,8,12H,4-7,16H2,1H3,(H,17,18,19). The van der Waals surface area contributed by atoms with Crippen LogP contribution in [0.4, 0.5) is 10.3 Å². The Bertz CT molecular complexity index is 622. The normalized spacial score (nSPS) is 17.6. The highest BCUT2D eigenvalue weighted by molar-refractivity contribution is 5.34. The summed E-state index contributed by atoms with van der Waals surface area (Å²) < 4.78 is 15.6. The van der Waals surface area contributed by atoms with E-state index in [-0.39, 0.29) is 11.9 Å². The molecule has 2 aromatic rings. The number of halogens is 1. The van der Waals surface area contributed by atoms with Crippen LogP contribution in [0.15, 0.2) is 18.2 Å². The number of aromatic nitrogens is 3. The Morgan fingerprint density at radius 3 is 3.10 bits per heavy atom. The molecule has 0 saturated heterocycles. The second-order valence-electron chi connectivity index (χ2n) is 5.07. The molecule has 3 N–H and O–H groups in total. The van der Waals surface area contributed by atoms with E-state index in [0.717, 1.165) is 30.3 Å². The fourth-order valence-corrected chi connectivity index (χ4v) is 2.51. The number of benzene rings is 1. The molecule has 0 fully saturated rings. The molecule has 0 amide bonds. The molecule has 6 heteroatoms. The second-order valence-corrected chi connectivity index (χ2v) is 5.07. The van der Waals surface area contributed by atoms with Gasteiger partial charge in [-0.3, -0.25) is 0 Å². The predicted octanol–water partition coefficient (Wildman–Crippen LogP) is 1.63. The molecule has 106 valence electrons. The molecule has 1 aliphatic heterocycles. The SMILES string of the molecule is Cc1ccc(C2CCNc3nc(CCN)nn32)cc1F. The minimum absolute atomic E-state index is 0.0281. The van der Waals surface area contributed by atoms with Gasteiger partial charge in [0.25, 0.3) is 0 Å². The monoisotopic (exact) mass is 275 g/mol. The van der Waals surface area contributed by atoms with Crippen LogP contribution in [0, 0.1) is 12.7 Å². The van der Waals surface area contributed by atoms with Gasteiger partial charge >= 0.3 is 0 Å². The van der Waals surface area contributed by atoms with Gasteiger partial charge in [0.1, 0.15) is 5.82 Å². The van der Waals surface area contributed by atoms with Crippen LogP contribution in [0.5, 0.6) is 0 Å². The molecule has 0 saturated carbocycles. The molecule has 2 heterocycles. The van der Waals surface area contributed by atoms with E-state index in [0.29, 0.717) is 18.5 Å². The summed E-state index contributed by atoms with van der Waals surface area (Å²) in [5.41, 5.74) is 7.13. The lowest BCUT2D eigenvalue weighted by atomic mass is 10.0. The highest BCUT2D eigenvalue weighted by Gasteiger charge is 2.24. The van der Waals surface area contributed by atoms with Gasteiger partial charge in [0, 0.05) is 13.0 Å². The van der Waals surface area contributed by atoms with Crippen LogP contribution in [-0.2, 0) is 6.42 Å². The molecule has 1 aromatic heterocycles. The highest BCUT2D eigenvalue weighted by atomic mass is 19.1. The Kier molecular flexibility index (Phi) is 3.40. The molecular weight excluding hydrogens is 257 g/mol. The van der Waals surface area contributed by atoms with Crippen molar-refractivity contribution in [3.63, 3.8) is 0 Å². The maximum Gasteiger partial charge on any atom is 0.221 e. The Labute approximate surface area is 117 Å². The van der Waals surface area contributed by atoms with E-state index in [4.69, 9.17) is 5.73 Å². The zero-order valence-electron chi connectivity index (χ0n) is 11.4. The molecular formula is C14H18FN5. The van der Waals surface area contributed by atoms with Crippen LogP contribution in [0.2, 0.25) is 0 Å². The van der Waals surface area contributed by atoms with Crippen molar-refractivity contribution in [2.75, 3.05) is 18.4 Å². The van der Waals surface area contributed by atoms with Crippen molar-refractivity contribution in [3.8, 4) is 0 Å². The smallest absolute Gasteiger partial charge is 0.221 e. The van der Waals surface area contributed by atoms with Gasteiger partial charge in [-0.05, 0) is 37.1 Å². The van der Waals surface area contributed by atoms with Crippen molar-refractivity contribution >= 4 is 5.95 Å². The molecule has 0 spiro atoms. The third-order valence-corrected chi connectivity index (χ3v) is 3.62. The fraction of sp³-hybridized carbons (Fsp3) is 0.429. The number of nitrogens with one attached hydrogen (secondary N) is 1. The highest BCUT2D eigenvalue weighted by Crippen LogP contribution is 2.29. The minimum Gasteiger partial charge on any atom is -0.354 e. The number of anilines is 1. The number of aryl methyl sites for hydroxylation is 1. The zero-order chi connectivity index (χ0) is 14.1. The van der Waals surface area contributed by atoms with E-state index in [1.807, 2.05) is 16.8 Å². The first kappa shape index (κ1) is 13.1. The van der Waals surface area contributed by atoms with Gasteiger partial charge in [-0.25, -0.2) is 9.07 Å². The van der Waals surface area contributed by atoms with Crippen LogP contribution < -0.4 is 11.1 Å². The molecule has 1 aliphatic rings. The quantitative estimate of drug-likeness (QED) is 0.893. The zero-order valence-corrected chi connectivity index (χ0v) is 11.4. The number of hydrogen-bond acceptors (Lipinski definition) is 4. The third kappa shape index (κ3) is 2.27. The lowest BCUT2D eigenvalue weighted by molar-refractivity contribution is 0.474. The summed E-state index contributed by atoms with van der Waals surface area (Å²) in [5.74, 6) is 1.30. The van der Waals surface area contributed by atoms with Crippen LogP contribution in [0.3, 0.4) is 0 Å². The van der Waals surface area contributed by atoms with Crippen molar-refractivity contribution in [1.29, 1.82) is 0 Å². The molecule has 0 bridgehead atoms. The van der Waals surface area contributed by atoms with Gasteiger partial charge in [-0.1, -0.05) is 12.1 Å². The van der Waals surface area contributed by atoms with Crippen LogP contribution in [0.1, 0.15) is 29.4 Å². The first-order chi connectivity index (χ1) is 9.69. The van der Waals surface area contributed by atoms with Gasteiger partial charge in [-0.2, -0.15) is 10.1 Å². The number of fused-ring (bicyclic) bond motifs is 1. The minimum atomic E-state index is -0.176. The van der Waals surface area contributed by atoms with E-state index in [1.54, 1.807) is 13.0 Å². The van der Waals surface area contributed by atoms with Crippen LogP contribution in [-0.4, -0.2) is 27.9 Å². The number of rotatable bonds is 3. The molecule has 1 aromatic carbocycles. The molecule has 0 radical (unpaired) electrons. The first-order valence-corrected chi connectivity index (χ1v) is 6.84. The summed E-state index contributed by atoms with van der Waals surface area (Å²) in [4.78, 5) is 4.42. The fourth-order valence-electron chi connectivity index (χ4n) is 2.51. The summed E-state index contributed by atoms with van der Waals surface area (Å²) in [7, 11) is 0. The average Bonchev–Trinajstić information content (AvgIpc) is 2.84. The summed E-state index contributed by atoms with van der Waals surface area (Å²) in [6.45, 7) is 3.09. The number of nitrogens with zero attached hydrogens (tertiary/aromatic N) is 3. The Morgan fingerprint density at radius 1 is 1.50 bits per heavy atom. The Hall–Kier alpha value is -1.95. The molecule has 5 nitrogen and oxygen atoms in total. The average molecular weight is 275 g/mol. The topological polar surface area (TPSA) is 68.8 Å². The Morgan fingerprint density at radius 2 is 2.35 bits per heavy atom. The number of hydrogen-bond donors (Lipinski definition) is 2.